The van der Waals surface area contributed by atoms with Gasteiger partial charge in [0.2, 0.25) is 11.8 Å². The first-order valence-corrected chi connectivity index (χ1v) is 10.5. The van der Waals surface area contributed by atoms with Crippen LogP contribution in [-0.4, -0.2) is 53.9 Å². The smallest absolute Gasteiger partial charge is 0.338 e. The Morgan fingerprint density at radius 3 is 2.65 bits per heavy atom. The molecule has 1 aliphatic heterocycles. The average Bonchev–Trinajstić information content (AvgIpc) is 2.77. The summed E-state index contributed by atoms with van der Waals surface area (Å²) in [6.07, 6.45) is 0.0606. The van der Waals surface area contributed by atoms with Gasteiger partial charge in [-0.05, 0) is 43.3 Å². The Hall–Kier alpha value is -3.33. The van der Waals surface area contributed by atoms with Crippen LogP contribution in [0.25, 0.3) is 0 Å². The number of methoxy groups -OCH3 is 1. The molecule has 2 aromatic rings. The summed E-state index contributed by atoms with van der Waals surface area (Å²) in [6, 6.07) is 13.6. The van der Waals surface area contributed by atoms with Gasteiger partial charge in [-0.15, -0.1) is 0 Å². The molecule has 0 radical (unpaired) electrons. The van der Waals surface area contributed by atoms with Gasteiger partial charge in [0.15, 0.2) is 5.17 Å². The first-order chi connectivity index (χ1) is 14.9. The number of hydrogen-bond acceptors (Lipinski definition) is 7. The Morgan fingerprint density at radius 2 is 1.97 bits per heavy atom. The maximum atomic E-state index is 12.8. The van der Waals surface area contributed by atoms with E-state index in [4.69, 9.17) is 9.47 Å². The summed E-state index contributed by atoms with van der Waals surface area (Å²) in [7, 11) is 3.20. The minimum absolute atomic E-state index is 0.0606. The van der Waals surface area contributed by atoms with Crippen molar-refractivity contribution < 1.29 is 23.9 Å². The number of amidine groups is 1. The van der Waals surface area contributed by atoms with Crippen molar-refractivity contribution in [2.24, 2.45) is 4.99 Å². The Bertz CT molecular complexity index is 1010. The van der Waals surface area contributed by atoms with E-state index in [0.29, 0.717) is 34.5 Å². The molecule has 0 spiro atoms. The van der Waals surface area contributed by atoms with Gasteiger partial charge in [-0.25, -0.2) is 9.79 Å². The van der Waals surface area contributed by atoms with Crippen LogP contribution >= 0.6 is 11.8 Å². The van der Waals surface area contributed by atoms with Gasteiger partial charge in [-0.3, -0.25) is 14.5 Å². The lowest BCUT2D eigenvalue weighted by Gasteiger charge is -2.28. The van der Waals surface area contributed by atoms with E-state index in [-0.39, 0.29) is 18.2 Å². The molecule has 0 saturated carbocycles. The molecule has 0 aromatic heterocycles. The number of carbonyl (C=O) groups is 3. The number of anilines is 1. The van der Waals surface area contributed by atoms with E-state index in [9.17, 15) is 14.4 Å². The lowest BCUT2D eigenvalue weighted by molar-refractivity contribution is -0.128. The molecular formula is C22H23N3O5S. The number of carbonyl (C=O) groups excluding carboxylic acids is 3. The van der Waals surface area contributed by atoms with E-state index >= 15 is 0 Å². The molecule has 9 heteroatoms. The summed E-state index contributed by atoms with van der Waals surface area (Å²) < 4.78 is 10.2. The summed E-state index contributed by atoms with van der Waals surface area (Å²) in [4.78, 5) is 42.9. The SMILES string of the molecule is CCOC(=O)c1ccc(NC(=O)[C@H]2CC(=O)N(C)C(=Nc3cccc(OC)c3)S2)cc1. The van der Waals surface area contributed by atoms with Gasteiger partial charge in [0.05, 0.1) is 25.0 Å². The number of amides is 2. The van der Waals surface area contributed by atoms with E-state index in [2.05, 4.69) is 10.3 Å². The van der Waals surface area contributed by atoms with Gasteiger partial charge in [-0.2, -0.15) is 0 Å². The predicted molar refractivity (Wildman–Crippen MR) is 120 cm³/mol. The number of thioether (sulfide) groups is 1. The fourth-order valence-electron chi connectivity index (χ4n) is 2.82. The summed E-state index contributed by atoms with van der Waals surface area (Å²) in [6.45, 7) is 2.03. The largest absolute Gasteiger partial charge is 0.497 e. The van der Waals surface area contributed by atoms with Crippen LogP contribution in [0.2, 0.25) is 0 Å². The number of ether oxygens (including phenoxy) is 2. The number of rotatable bonds is 6. The van der Waals surface area contributed by atoms with Gasteiger partial charge >= 0.3 is 5.97 Å². The fourth-order valence-corrected chi connectivity index (χ4v) is 3.88. The number of aliphatic imine (C=N–C) groups is 1. The van der Waals surface area contributed by atoms with Crippen LogP contribution in [0.1, 0.15) is 23.7 Å². The normalized spacial score (nSPS) is 17.4. The topological polar surface area (TPSA) is 97.3 Å². The van der Waals surface area contributed by atoms with Crippen molar-refractivity contribution >= 4 is 46.1 Å². The molecule has 0 bridgehead atoms. The monoisotopic (exact) mass is 441 g/mol. The number of benzene rings is 2. The lowest BCUT2D eigenvalue weighted by atomic mass is 10.2. The Labute approximate surface area is 184 Å². The van der Waals surface area contributed by atoms with Crippen molar-refractivity contribution in [3.8, 4) is 5.75 Å². The minimum atomic E-state index is -0.627. The quantitative estimate of drug-likeness (QED) is 0.690. The highest BCUT2D eigenvalue weighted by atomic mass is 32.2. The Morgan fingerprint density at radius 1 is 1.23 bits per heavy atom. The second kappa shape index (κ2) is 10.1. The zero-order valence-corrected chi connectivity index (χ0v) is 18.3. The molecule has 2 aromatic carbocycles. The first-order valence-electron chi connectivity index (χ1n) is 9.65. The van der Waals surface area contributed by atoms with E-state index < -0.39 is 11.2 Å². The Balaban J connectivity index is 1.71. The van der Waals surface area contributed by atoms with Crippen molar-refractivity contribution in [1.82, 2.24) is 4.90 Å². The van der Waals surface area contributed by atoms with Crippen LogP contribution in [0, 0.1) is 0 Å². The van der Waals surface area contributed by atoms with Crippen LogP contribution in [0.4, 0.5) is 11.4 Å². The molecule has 2 amide bonds. The van der Waals surface area contributed by atoms with Crippen LogP contribution in [-0.2, 0) is 14.3 Å². The summed E-state index contributed by atoms with van der Waals surface area (Å²) in [5.74, 6) is -0.278. The van der Waals surface area contributed by atoms with Crippen molar-refractivity contribution in [2.45, 2.75) is 18.6 Å². The van der Waals surface area contributed by atoms with Crippen molar-refractivity contribution in [2.75, 3.05) is 26.1 Å². The number of nitrogens with zero attached hydrogens (tertiary/aromatic N) is 2. The van der Waals surface area contributed by atoms with Crippen molar-refractivity contribution in [3.63, 3.8) is 0 Å². The average molecular weight is 442 g/mol. The summed E-state index contributed by atoms with van der Waals surface area (Å²) >= 11 is 1.22. The molecule has 31 heavy (non-hydrogen) atoms. The van der Waals surface area contributed by atoms with E-state index in [0.717, 1.165) is 0 Å². The molecule has 1 N–H and O–H groups in total. The van der Waals surface area contributed by atoms with E-state index in [1.165, 1.54) is 16.7 Å². The van der Waals surface area contributed by atoms with Crippen molar-refractivity contribution in [1.29, 1.82) is 0 Å². The Kier molecular flexibility index (Phi) is 7.30. The van der Waals surface area contributed by atoms with Crippen LogP contribution < -0.4 is 10.1 Å². The summed E-state index contributed by atoms with van der Waals surface area (Å²) in [5, 5.41) is 2.60. The third-order valence-electron chi connectivity index (χ3n) is 4.50. The maximum Gasteiger partial charge on any atom is 0.338 e. The predicted octanol–water partition coefficient (Wildman–Crippen LogP) is 3.46. The van der Waals surface area contributed by atoms with Crippen LogP contribution in [0.15, 0.2) is 53.5 Å². The van der Waals surface area contributed by atoms with E-state index in [1.807, 2.05) is 0 Å². The molecule has 1 aliphatic rings. The van der Waals surface area contributed by atoms with Gasteiger partial charge in [0, 0.05) is 25.2 Å². The zero-order valence-electron chi connectivity index (χ0n) is 17.5. The molecule has 1 heterocycles. The zero-order chi connectivity index (χ0) is 22.4. The van der Waals surface area contributed by atoms with Gasteiger partial charge in [0.1, 0.15) is 11.0 Å². The highest BCUT2D eigenvalue weighted by molar-refractivity contribution is 8.15. The molecule has 3 rings (SSSR count). The second-order valence-corrected chi connectivity index (χ2v) is 7.82. The highest BCUT2D eigenvalue weighted by Crippen LogP contribution is 2.30. The molecule has 0 unspecified atom stereocenters. The summed E-state index contributed by atoms with van der Waals surface area (Å²) in [5.41, 5.74) is 1.55. The van der Waals surface area contributed by atoms with Crippen LogP contribution in [0.3, 0.4) is 0 Å². The van der Waals surface area contributed by atoms with Gasteiger partial charge < -0.3 is 14.8 Å². The third-order valence-corrected chi connectivity index (χ3v) is 5.74. The fraction of sp³-hybridized carbons (Fsp3) is 0.273. The highest BCUT2D eigenvalue weighted by Gasteiger charge is 2.34. The van der Waals surface area contributed by atoms with Crippen molar-refractivity contribution in [3.05, 3.63) is 54.1 Å². The molecular weight excluding hydrogens is 418 g/mol. The van der Waals surface area contributed by atoms with Gasteiger partial charge in [0.25, 0.3) is 0 Å². The van der Waals surface area contributed by atoms with E-state index in [1.54, 1.807) is 69.6 Å². The first kappa shape index (κ1) is 22.4. The number of esters is 1. The minimum Gasteiger partial charge on any atom is -0.497 e. The number of hydrogen-bond donors (Lipinski definition) is 1. The van der Waals surface area contributed by atoms with Gasteiger partial charge in [-0.1, -0.05) is 17.8 Å². The molecule has 1 atom stereocenters. The lowest BCUT2D eigenvalue weighted by Crippen LogP contribution is -2.43. The van der Waals surface area contributed by atoms with Crippen LogP contribution in [0.5, 0.6) is 5.75 Å². The molecule has 8 nitrogen and oxygen atoms in total. The third kappa shape index (κ3) is 5.64. The molecule has 1 saturated heterocycles. The maximum absolute atomic E-state index is 12.8. The second-order valence-electron chi connectivity index (χ2n) is 6.65. The molecule has 1 fully saturated rings. The standard InChI is InChI=1S/C22H23N3O5S/c1-4-30-21(28)14-8-10-15(11-9-14)23-20(27)18-13-19(26)25(2)22(31-18)24-16-6-5-7-17(12-16)29-3/h5-12,18H,4,13H2,1-3H3,(H,23,27)/t18-/m1/s1. The molecule has 162 valence electrons. The number of nitrogens with one attached hydrogen (secondary N) is 1. The molecule has 0 aliphatic carbocycles.